The predicted molar refractivity (Wildman–Crippen MR) is 110 cm³/mol. The Bertz CT molecular complexity index is 869. The molecule has 0 radical (unpaired) electrons. The van der Waals surface area contributed by atoms with E-state index >= 15 is 0 Å². The van der Waals surface area contributed by atoms with Gasteiger partial charge in [-0.1, -0.05) is 19.0 Å². The first-order chi connectivity index (χ1) is 14.1. The van der Waals surface area contributed by atoms with Crippen molar-refractivity contribution in [2.45, 2.75) is 52.4 Å². The molecule has 3 heterocycles. The van der Waals surface area contributed by atoms with Crippen molar-refractivity contribution in [3.63, 3.8) is 0 Å². The van der Waals surface area contributed by atoms with Gasteiger partial charge in [-0.25, -0.2) is 0 Å². The molecule has 0 amide bonds. The number of pyridine rings is 2. The number of rotatable bonds is 8. The van der Waals surface area contributed by atoms with E-state index in [-0.39, 0.29) is 12.0 Å². The molecule has 6 nitrogen and oxygen atoms in total. The molecule has 1 N–H and O–H groups in total. The van der Waals surface area contributed by atoms with Crippen LogP contribution in [0.5, 0.6) is 0 Å². The lowest BCUT2D eigenvalue weighted by atomic mass is 9.56. The fourth-order valence-corrected chi connectivity index (χ4v) is 4.46. The highest BCUT2D eigenvalue weighted by molar-refractivity contribution is 5.16. The van der Waals surface area contributed by atoms with Crippen LogP contribution < -0.4 is 0 Å². The van der Waals surface area contributed by atoms with Gasteiger partial charge in [0, 0.05) is 50.0 Å². The first kappa shape index (κ1) is 19.7. The summed E-state index contributed by atoms with van der Waals surface area (Å²) in [5.74, 6) is 1.06. The van der Waals surface area contributed by atoms with Gasteiger partial charge >= 0.3 is 0 Å². The smallest absolute Gasteiger partial charge is 0.162 e. The number of hydrogen-bond acceptors (Lipinski definition) is 6. The highest BCUT2D eigenvalue weighted by atomic mass is 16.5. The summed E-state index contributed by atoms with van der Waals surface area (Å²) >= 11 is 0. The lowest BCUT2D eigenvalue weighted by Crippen LogP contribution is -2.58. The van der Waals surface area contributed by atoms with E-state index in [1.54, 1.807) is 0 Å². The number of hydrogen-bond donors (Lipinski definition) is 1. The maximum atomic E-state index is 9.20. The van der Waals surface area contributed by atoms with Gasteiger partial charge in [0.05, 0.1) is 5.69 Å². The molecule has 152 valence electrons. The molecule has 0 saturated heterocycles. The van der Waals surface area contributed by atoms with Crippen molar-refractivity contribution in [2.75, 3.05) is 0 Å². The molecule has 1 aliphatic rings. The van der Waals surface area contributed by atoms with Crippen LogP contribution in [-0.4, -0.2) is 31.2 Å². The van der Waals surface area contributed by atoms with Gasteiger partial charge in [-0.2, -0.15) is 0 Å². The first-order valence-corrected chi connectivity index (χ1v) is 10.1. The molecule has 2 atom stereocenters. The summed E-state index contributed by atoms with van der Waals surface area (Å²) < 4.78 is 5.16. The predicted octanol–water partition coefficient (Wildman–Crippen LogP) is 3.62. The third kappa shape index (κ3) is 4.38. The van der Waals surface area contributed by atoms with Crippen molar-refractivity contribution >= 4 is 0 Å². The summed E-state index contributed by atoms with van der Waals surface area (Å²) in [6, 6.07) is 10.7. The molecule has 1 saturated carbocycles. The minimum Gasteiger partial charge on any atom is -0.388 e. The Morgan fingerprint density at radius 2 is 1.62 bits per heavy atom. The minimum absolute atomic E-state index is 0.102. The van der Waals surface area contributed by atoms with Crippen molar-refractivity contribution in [1.82, 2.24) is 20.0 Å². The van der Waals surface area contributed by atoms with Gasteiger partial charge in [0.25, 0.3) is 0 Å². The number of nitrogens with zero attached hydrogens (tertiary/aromatic N) is 4. The first-order valence-electron chi connectivity index (χ1n) is 10.1. The molecular weight excluding hydrogens is 364 g/mol. The Balaban J connectivity index is 1.49. The van der Waals surface area contributed by atoms with Crippen LogP contribution in [0, 0.1) is 11.3 Å². The molecular formula is C23H28N4O2. The topological polar surface area (TPSA) is 75.3 Å². The zero-order valence-electron chi connectivity index (χ0n) is 17.0. The standard InChI is InChI=1S/C23H28N4O2/c1-23(2)19(11-20-13-21(16-28)29-26-20)12-22(23)27(14-17-3-7-24-8-4-17)15-18-5-9-25-10-6-18/h3-10,13,19,22,28H,11-12,14-16H2,1-2H3/t19-,22+/m1/s1. The van der Waals surface area contributed by atoms with Crippen molar-refractivity contribution in [2.24, 2.45) is 11.3 Å². The molecule has 0 unspecified atom stereocenters. The maximum absolute atomic E-state index is 9.20. The minimum atomic E-state index is -0.102. The van der Waals surface area contributed by atoms with Gasteiger partial charge in [-0.3, -0.25) is 14.9 Å². The SMILES string of the molecule is CC1(C)[C@H](Cc2cc(CO)on2)C[C@@H]1N(Cc1ccncc1)Cc1ccncc1. The van der Waals surface area contributed by atoms with Gasteiger partial charge in [-0.15, -0.1) is 0 Å². The van der Waals surface area contributed by atoms with Gasteiger partial charge in [-0.05, 0) is 59.6 Å². The van der Waals surface area contributed by atoms with Crippen LogP contribution in [0.2, 0.25) is 0 Å². The normalized spacial score (nSPS) is 20.6. The molecule has 0 aliphatic heterocycles. The quantitative estimate of drug-likeness (QED) is 0.631. The summed E-state index contributed by atoms with van der Waals surface area (Å²) in [5.41, 5.74) is 3.63. The van der Waals surface area contributed by atoms with E-state index in [0.717, 1.165) is 31.6 Å². The second-order valence-electron chi connectivity index (χ2n) is 8.53. The fourth-order valence-electron chi connectivity index (χ4n) is 4.46. The highest BCUT2D eigenvalue weighted by Crippen LogP contribution is 2.51. The van der Waals surface area contributed by atoms with E-state index < -0.39 is 0 Å². The maximum Gasteiger partial charge on any atom is 0.162 e. The Kier molecular flexibility index (Phi) is 5.74. The third-order valence-electron chi connectivity index (χ3n) is 6.35. The molecule has 0 bridgehead atoms. The Morgan fingerprint density at radius 1 is 1.03 bits per heavy atom. The summed E-state index contributed by atoms with van der Waals surface area (Å²) in [5, 5.41) is 13.3. The summed E-state index contributed by atoms with van der Waals surface area (Å²) in [4.78, 5) is 10.9. The van der Waals surface area contributed by atoms with Crippen LogP contribution in [0.15, 0.2) is 59.6 Å². The monoisotopic (exact) mass is 392 g/mol. The van der Waals surface area contributed by atoms with Gasteiger partial charge in [0.15, 0.2) is 5.76 Å². The second kappa shape index (κ2) is 8.43. The van der Waals surface area contributed by atoms with Gasteiger partial charge in [0.1, 0.15) is 6.61 Å². The fraction of sp³-hybridized carbons (Fsp3) is 0.435. The van der Waals surface area contributed by atoms with Crippen molar-refractivity contribution < 1.29 is 9.63 Å². The van der Waals surface area contributed by atoms with Crippen LogP contribution in [0.25, 0.3) is 0 Å². The van der Waals surface area contributed by atoms with Crippen LogP contribution in [0.4, 0.5) is 0 Å². The molecule has 1 aliphatic carbocycles. The summed E-state index contributed by atoms with van der Waals surface area (Å²) in [6.07, 6.45) is 9.43. The van der Waals surface area contributed by atoms with E-state index in [0.29, 0.717) is 17.7 Å². The Morgan fingerprint density at radius 3 is 2.10 bits per heavy atom. The Labute approximate surface area is 171 Å². The average molecular weight is 393 g/mol. The molecule has 29 heavy (non-hydrogen) atoms. The average Bonchev–Trinajstić information content (AvgIpc) is 3.20. The van der Waals surface area contributed by atoms with Crippen LogP contribution >= 0.6 is 0 Å². The zero-order valence-corrected chi connectivity index (χ0v) is 17.0. The molecule has 3 aromatic rings. The number of aliphatic hydroxyl groups excluding tert-OH is 1. The van der Waals surface area contributed by atoms with Crippen molar-refractivity contribution in [3.8, 4) is 0 Å². The number of aromatic nitrogens is 3. The zero-order chi connectivity index (χ0) is 20.3. The summed E-state index contributed by atoms with van der Waals surface area (Å²) in [6.45, 7) is 6.39. The summed E-state index contributed by atoms with van der Waals surface area (Å²) in [7, 11) is 0. The lowest BCUT2D eigenvalue weighted by Gasteiger charge is -2.56. The molecule has 1 fully saturated rings. The Hall–Kier alpha value is -2.57. The number of aliphatic hydroxyl groups is 1. The van der Waals surface area contributed by atoms with Gasteiger partial charge in [0.2, 0.25) is 0 Å². The molecule has 0 aromatic carbocycles. The van der Waals surface area contributed by atoms with Crippen molar-refractivity contribution in [1.29, 1.82) is 0 Å². The van der Waals surface area contributed by atoms with E-state index in [2.05, 4.69) is 58.1 Å². The second-order valence-corrected chi connectivity index (χ2v) is 8.53. The van der Waals surface area contributed by atoms with Crippen molar-refractivity contribution in [3.05, 3.63) is 77.7 Å². The van der Waals surface area contributed by atoms with Gasteiger partial charge < -0.3 is 9.63 Å². The lowest BCUT2D eigenvalue weighted by molar-refractivity contribution is -0.0711. The van der Waals surface area contributed by atoms with Crippen LogP contribution in [0.3, 0.4) is 0 Å². The largest absolute Gasteiger partial charge is 0.388 e. The molecule has 3 aromatic heterocycles. The highest BCUT2D eigenvalue weighted by Gasteiger charge is 2.50. The van der Waals surface area contributed by atoms with Crippen LogP contribution in [0.1, 0.15) is 42.8 Å². The third-order valence-corrected chi connectivity index (χ3v) is 6.35. The molecule has 0 spiro atoms. The van der Waals surface area contributed by atoms with E-state index in [1.807, 2.05) is 30.9 Å². The molecule has 4 rings (SSSR count). The van der Waals surface area contributed by atoms with E-state index in [4.69, 9.17) is 4.52 Å². The molecule has 6 heteroatoms. The van der Waals surface area contributed by atoms with Crippen LogP contribution in [-0.2, 0) is 26.1 Å². The van der Waals surface area contributed by atoms with E-state index in [9.17, 15) is 5.11 Å². The van der Waals surface area contributed by atoms with E-state index in [1.165, 1.54) is 11.1 Å².